The molecule has 21 heavy (non-hydrogen) atoms. The molecule has 2 aromatic rings. The summed E-state index contributed by atoms with van der Waals surface area (Å²) in [5, 5.41) is 0. The normalized spacial score (nSPS) is 14.3. The lowest BCUT2D eigenvalue weighted by Crippen LogP contribution is -2.22. The first-order valence-electron chi connectivity index (χ1n) is 6.97. The second-order valence-electron chi connectivity index (χ2n) is 5.00. The molecule has 0 bridgehead atoms. The van der Waals surface area contributed by atoms with Crippen LogP contribution in [0.4, 0.5) is 11.9 Å². The summed E-state index contributed by atoms with van der Waals surface area (Å²) in [5.41, 5.74) is 3.62. The Morgan fingerprint density at radius 1 is 1.10 bits per heavy atom. The van der Waals surface area contributed by atoms with Gasteiger partial charge in [-0.25, -0.2) is 5.84 Å². The number of rotatable bonds is 4. The quantitative estimate of drug-likeness (QED) is 0.655. The van der Waals surface area contributed by atoms with Gasteiger partial charge in [0, 0.05) is 13.1 Å². The standard InChI is InChI=1S/C14H18N6O/c1-10-4-6-11(7-5-10)21-14-17-12(19-15)16-13(18-14)20-8-2-3-9-20/h4-7H,2-3,8-9,15H2,1H3,(H,16,17,18,19). The summed E-state index contributed by atoms with van der Waals surface area (Å²) in [6.45, 7) is 3.91. The highest BCUT2D eigenvalue weighted by molar-refractivity contribution is 5.39. The molecule has 0 amide bonds. The molecule has 110 valence electrons. The van der Waals surface area contributed by atoms with Crippen LogP contribution in [-0.4, -0.2) is 28.0 Å². The number of hydrogen-bond acceptors (Lipinski definition) is 7. The van der Waals surface area contributed by atoms with Crippen LogP contribution in [0.3, 0.4) is 0 Å². The zero-order valence-electron chi connectivity index (χ0n) is 11.9. The highest BCUT2D eigenvalue weighted by Crippen LogP contribution is 2.23. The molecule has 1 aliphatic heterocycles. The van der Waals surface area contributed by atoms with E-state index in [4.69, 9.17) is 10.6 Å². The van der Waals surface area contributed by atoms with Crippen molar-refractivity contribution in [2.24, 2.45) is 5.84 Å². The molecule has 0 unspecified atom stereocenters. The summed E-state index contributed by atoms with van der Waals surface area (Å²) < 4.78 is 5.69. The maximum Gasteiger partial charge on any atom is 0.328 e. The van der Waals surface area contributed by atoms with Crippen LogP contribution in [0.1, 0.15) is 18.4 Å². The summed E-state index contributed by atoms with van der Waals surface area (Å²) in [5.74, 6) is 7.00. The van der Waals surface area contributed by atoms with Crippen molar-refractivity contribution in [2.75, 3.05) is 23.4 Å². The van der Waals surface area contributed by atoms with E-state index in [-0.39, 0.29) is 6.01 Å². The number of anilines is 2. The molecule has 7 heteroatoms. The third-order valence-corrected chi connectivity index (χ3v) is 3.35. The smallest absolute Gasteiger partial charge is 0.328 e. The second-order valence-corrected chi connectivity index (χ2v) is 5.00. The molecule has 2 heterocycles. The van der Waals surface area contributed by atoms with Crippen LogP contribution in [-0.2, 0) is 0 Å². The van der Waals surface area contributed by atoms with Gasteiger partial charge in [-0.3, -0.25) is 5.43 Å². The first kappa shape index (κ1) is 13.6. The molecule has 0 radical (unpaired) electrons. The molecule has 3 N–H and O–H groups in total. The Morgan fingerprint density at radius 2 is 1.81 bits per heavy atom. The lowest BCUT2D eigenvalue weighted by Gasteiger charge is -2.16. The number of ether oxygens (including phenoxy) is 1. The van der Waals surface area contributed by atoms with Crippen molar-refractivity contribution < 1.29 is 4.74 Å². The van der Waals surface area contributed by atoms with Crippen LogP contribution in [0.15, 0.2) is 24.3 Å². The van der Waals surface area contributed by atoms with E-state index in [1.54, 1.807) is 0 Å². The number of hydrogen-bond donors (Lipinski definition) is 2. The fraction of sp³-hybridized carbons (Fsp3) is 0.357. The minimum atomic E-state index is 0.240. The molecule has 1 fully saturated rings. The van der Waals surface area contributed by atoms with Gasteiger partial charge < -0.3 is 9.64 Å². The number of aryl methyl sites for hydroxylation is 1. The van der Waals surface area contributed by atoms with Crippen LogP contribution in [0.2, 0.25) is 0 Å². The van der Waals surface area contributed by atoms with Crippen LogP contribution in [0.25, 0.3) is 0 Å². The van der Waals surface area contributed by atoms with E-state index in [0.717, 1.165) is 25.9 Å². The minimum Gasteiger partial charge on any atom is -0.424 e. The van der Waals surface area contributed by atoms with Crippen molar-refractivity contribution in [2.45, 2.75) is 19.8 Å². The van der Waals surface area contributed by atoms with E-state index < -0.39 is 0 Å². The predicted molar refractivity (Wildman–Crippen MR) is 80.3 cm³/mol. The van der Waals surface area contributed by atoms with Gasteiger partial charge in [0.2, 0.25) is 11.9 Å². The Bertz CT molecular complexity index is 609. The molecule has 1 aliphatic rings. The molecule has 0 saturated carbocycles. The van der Waals surface area contributed by atoms with Crippen molar-refractivity contribution in [3.05, 3.63) is 29.8 Å². The summed E-state index contributed by atoms with van der Waals surface area (Å²) in [4.78, 5) is 14.9. The molecule has 1 aromatic carbocycles. The Kier molecular flexibility index (Phi) is 3.83. The van der Waals surface area contributed by atoms with E-state index in [1.165, 1.54) is 5.56 Å². The first-order valence-corrected chi connectivity index (χ1v) is 6.97. The van der Waals surface area contributed by atoms with Crippen LogP contribution >= 0.6 is 0 Å². The van der Waals surface area contributed by atoms with Crippen molar-refractivity contribution in [1.29, 1.82) is 0 Å². The van der Waals surface area contributed by atoms with E-state index in [1.807, 2.05) is 31.2 Å². The van der Waals surface area contributed by atoms with Gasteiger partial charge in [-0.2, -0.15) is 15.0 Å². The number of nitrogens with two attached hydrogens (primary N) is 1. The Balaban J connectivity index is 1.86. The van der Waals surface area contributed by atoms with E-state index in [2.05, 4.69) is 25.3 Å². The molecular formula is C14H18N6O. The molecule has 3 rings (SSSR count). The summed E-state index contributed by atoms with van der Waals surface area (Å²) in [6.07, 6.45) is 2.29. The maximum atomic E-state index is 5.69. The van der Waals surface area contributed by atoms with E-state index >= 15 is 0 Å². The van der Waals surface area contributed by atoms with Gasteiger partial charge >= 0.3 is 6.01 Å². The van der Waals surface area contributed by atoms with Crippen molar-refractivity contribution in [3.63, 3.8) is 0 Å². The third kappa shape index (κ3) is 3.19. The second kappa shape index (κ2) is 5.92. The summed E-state index contributed by atoms with van der Waals surface area (Å²) >= 11 is 0. The molecule has 0 aliphatic carbocycles. The summed E-state index contributed by atoms with van der Waals surface area (Å²) in [6, 6.07) is 7.94. The highest BCUT2D eigenvalue weighted by Gasteiger charge is 2.18. The highest BCUT2D eigenvalue weighted by atomic mass is 16.5. The zero-order chi connectivity index (χ0) is 14.7. The van der Waals surface area contributed by atoms with Crippen LogP contribution in [0, 0.1) is 6.92 Å². The van der Waals surface area contributed by atoms with Gasteiger partial charge in [-0.1, -0.05) is 17.7 Å². The molecule has 1 aromatic heterocycles. The minimum absolute atomic E-state index is 0.240. The SMILES string of the molecule is Cc1ccc(Oc2nc(NN)nc(N3CCCC3)n2)cc1. The van der Waals surface area contributed by atoms with Crippen molar-refractivity contribution >= 4 is 11.9 Å². The predicted octanol–water partition coefficient (Wildman–Crippen LogP) is 1.86. The number of aromatic nitrogens is 3. The number of nitrogens with zero attached hydrogens (tertiary/aromatic N) is 4. The third-order valence-electron chi connectivity index (χ3n) is 3.35. The van der Waals surface area contributed by atoms with E-state index in [0.29, 0.717) is 17.6 Å². The Hall–Kier alpha value is -2.41. The monoisotopic (exact) mass is 286 g/mol. The Morgan fingerprint density at radius 3 is 2.48 bits per heavy atom. The molecule has 1 saturated heterocycles. The summed E-state index contributed by atoms with van der Waals surface area (Å²) in [7, 11) is 0. The van der Waals surface area contributed by atoms with Crippen molar-refractivity contribution in [1.82, 2.24) is 15.0 Å². The van der Waals surface area contributed by atoms with Gasteiger partial charge in [0.25, 0.3) is 0 Å². The Labute approximate surface area is 123 Å². The van der Waals surface area contributed by atoms with Gasteiger partial charge in [0.15, 0.2) is 0 Å². The largest absolute Gasteiger partial charge is 0.424 e. The average molecular weight is 286 g/mol. The number of nitrogen functional groups attached to an aromatic ring is 1. The zero-order valence-corrected chi connectivity index (χ0v) is 11.9. The van der Waals surface area contributed by atoms with E-state index in [9.17, 15) is 0 Å². The lowest BCUT2D eigenvalue weighted by atomic mass is 10.2. The first-order chi connectivity index (χ1) is 10.2. The van der Waals surface area contributed by atoms with Crippen LogP contribution < -0.4 is 20.9 Å². The maximum absolute atomic E-state index is 5.69. The number of nitrogens with one attached hydrogen (secondary N) is 1. The number of hydrazine groups is 1. The molecule has 7 nitrogen and oxygen atoms in total. The van der Waals surface area contributed by atoms with Gasteiger partial charge in [0.1, 0.15) is 5.75 Å². The van der Waals surface area contributed by atoms with Crippen LogP contribution in [0.5, 0.6) is 11.8 Å². The fourth-order valence-corrected chi connectivity index (χ4v) is 2.23. The number of benzene rings is 1. The molecular weight excluding hydrogens is 268 g/mol. The lowest BCUT2D eigenvalue weighted by molar-refractivity contribution is 0.440. The van der Waals surface area contributed by atoms with Gasteiger partial charge in [-0.05, 0) is 31.9 Å². The fourth-order valence-electron chi connectivity index (χ4n) is 2.23. The van der Waals surface area contributed by atoms with Crippen molar-refractivity contribution in [3.8, 4) is 11.8 Å². The van der Waals surface area contributed by atoms with Gasteiger partial charge in [-0.15, -0.1) is 0 Å². The molecule has 0 atom stereocenters. The molecule has 0 spiro atoms. The average Bonchev–Trinajstić information content (AvgIpc) is 3.04. The van der Waals surface area contributed by atoms with Gasteiger partial charge in [0.05, 0.1) is 0 Å². The topological polar surface area (TPSA) is 89.2 Å².